The molecule has 110 valence electrons. The van der Waals surface area contributed by atoms with E-state index in [-0.39, 0.29) is 0 Å². The molecular weight excluding hydrogens is 246 g/mol. The van der Waals surface area contributed by atoms with E-state index in [0.29, 0.717) is 24.5 Å². The summed E-state index contributed by atoms with van der Waals surface area (Å²) in [6, 6.07) is 0.421. The van der Waals surface area contributed by atoms with Crippen LogP contribution in [0, 0.1) is 5.92 Å². The van der Waals surface area contributed by atoms with Crippen molar-refractivity contribution in [2.24, 2.45) is 5.92 Å². The van der Waals surface area contributed by atoms with Crippen molar-refractivity contribution in [3.8, 4) is 0 Å². The molecule has 3 nitrogen and oxygen atoms in total. The SMILES string of the molecule is CC(C)CCCOCCOCCNC(C)C(C)S. The first kappa shape index (κ1) is 18.2. The summed E-state index contributed by atoms with van der Waals surface area (Å²) in [4.78, 5) is 0. The zero-order valence-electron chi connectivity index (χ0n) is 12.4. The van der Waals surface area contributed by atoms with E-state index in [1.54, 1.807) is 0 Å². The van der Waals surface area contributed by atoms with Crippen LogP contribution in [0.3, 0.4) is 0 Å². The van der Waals surface area contributed by atoms with Crippen molar-refractivity contribution >= 4 is 12.6 Å². The fourth-order valence-electron chi connectivity index (χ4n) is 1.44. The first-order chi connectivity index (χ1) is 8.54. The molecule has 0 amide bonds. The van der Waals surface area contributed by atoms with Crippen LogP contribution in [-0.2, 0) is 9.47 Å². The van der Waals surface area contributed by atoms with Gasteiger partial charge in [0.1, 0.15) is 0 Å². The molecule has 0 aromatic carbocycles. The molecule has 0 bridgehead atoms. The quantitative estimate of drug-likeness (QED) is 0.425. The van der Waals surface area contributed by atoms with Gasteiger partial charge in [-0.05, 0) is 25.7 Å². The molecule has 2 unspecified atom stereocenters. The van der Waals surface area contributed by atoms with Gasteiger partial charge in [0.2, 0.25) is 0 Å². The fraction of sp³-hybridized carbons (Fsp3) is 1.00. The summed E-state index contributed by atoms with van der Waals surface area (Å²) in [6.07, 6.45) is 2.39. The van der Waals surface area contributed by atoms with Gasteiger partial charge >= 0.3 is 0 Å². The third-order valence-electron chi connectivity index (χ3n) is 2.88. The van der Waals surface area contributed by atoms with E-state index in [2.05, 4.69) is 45.6 Å². The monoisotopic (exact) mass is 277 g/mol. The topological polar surface area (TPSA) is 30.5 Å². The highest BCUT2D eigenvalue weighted by molar-refractivity contribution is 7.81. The van der Waals surface area contributed by atoms with Gasteiger partial charge in [-0.1, -0.05) is 20.8 Å². The summed E-state index contributed by atoms with van der Waals surface area (Å²) in [5, 5.41) is 3.73. The van der Waals surface area contributed by atoms with E-state index in [1.807, 2.05) is 0 Å². The molecule has 0 saturated heterocycles. The average molecular weight is 277 g/mol. The molecule has 0 aliphatic carbocycles. The zero-order chi connectivity index (χ0) is 13.8. The van der Waals surface area contributed by atoms with E-state index in [4.69, 9.17) is 9.47 Å². The number of hydrogen-bond donors (Lipinski definition) is 2. The minimum Gasteiger partial charge on any atom is -0.379 e. The van der Waals surface area contributed by atoms with E-state index >= 15 is 0 Å². The molecule has 0 rings (SSSR count). The summed E-state index contributed by atoms with van der Waals surface area (Å²) in [7, 11) is 0. The van der Waals surface area contributed by atoms with Gasteiger partial charge in [0, 0.05) is 24.4 Å². The maximum Gasteiger partial charge on any atom is 0.0701 e. The summed E-state index contributed by atoms with van der Waals surface area (Å²) < 4.78 is 11.0. The van der Waals surface area contributed by atoms with Crippen LogP contribution in [0.4, 0.5) is 0 Å². The molecule has 4 heteroatoms. The minimum absolute atomic E-state index is 0.370. The second-order valence-electron chi connectivity index (χ2n) is 5.24. The number of thiol groups is 1. The lowest BCUT2D eigenvalue weighted by atomic mass is 10.1. The van der Waals surface area contributed by atoms with Gasteiger partial charge in [0.15, 0.2) is 0 Å². The lowest BCUT2D eigenvalue weighted by Gasteiger charge is -2.16. The van der Waals surface area contributed by atoms with E-state index in [0.717, 1.165) is 32.1 Å². The number of nitrogens with one attached hydrogen (secondary N) is 1. The van der Waals surface area contributed by atoms with Crippen LogP contribution >= 0.6 is 12.6 Å². The number of rotatable bonds is 12. The van der Waals surface area contributed by atoms with E-state index < -0.39 is 0 Å². The standard InChI is InChI=1S/C14H31NO2S/c1-12(2)6-5-8-16-10-11-17-9-7-15-13(3)14(4)18/h12-15,18H,5-11H2,1-4H3. The maximum atomic E-state index is 5.49. The van der Waals surface area contributed by atoms with Crippen molar-refractivity contribution in [3.05, 3.63) is 0 Å². The van der Waals surface area contributed by atoms with Crippen LogP contribution in [0.1, 0.15) is 40.5 Å². The molecule has 0 fully saturated rings. The van der Waals surface area contributed by atoms with Gasteiger partial charge in [-0.25, -0.2) is 0 Å². The Balaban J connectivity index is 3.08. The van der Waals surface area contributed by atoms with Crippen LogP contribution in [0.25, 0.3) is 0 Å². The number of hydrogen-bond acceptors (Lipinski definition) is 4. The Labute approximate surface area is 118 Å². The molecule has 0 aliphatic rings. The maximum absolute atomic E-state index is 5.49. The molecule has 0 aromatic heterocycles. The van der Waals surface area contributed by atoms with Crippen molar-refractivity contribution in [1.29, 1.82) is 0 Å². The normalized spacial score (nSPS) is 15.0. The lowest BCUT2D eigenvalue weighted by molar-refractivity contribution is 0.0462. The molecule has 18 heavy (non-hydrogen) atoms. The fourth-order valence-corrected chi connectivity index (χ4v) is 1.55. The smallest absolute Gasteiger partial charge is 0.0701 e. The van der Waals surface area contributed by atoms with Crippen molar-refractivity contribution in [2.45, 2.75) is 51.8 Å². The van der Waals surface area contributed by atoms with Gasteiger partial charge in [-0.2, -0.15) is 12.6 Å². The van der Waals surface area contributed by atoms with Gasteiger partial charge in [0.05, 0.1) is 19.8 Å². The Morgan fingerprint density at radius 3 is 2.11 bits per heavy atom. The van der Waals surface area contributed by atoms with Crippen LogP contribution in [-0.4, -0.2) is 44.3 Å². The molecular formula is C14H31NO2S. The van der Waals surface area contributed by atoms with E-state index in [9.17, 15) is 0 Å². The lowest BCUT2D eigenvalue weighted by Crippen LogP contribution is -2.35. The Kier molecular flexibility index (Phi) is 12.4. The summed E-state index contributed by atoms with van der Waals surface area (Å²) in [5.74, 6) is 0.770. The summed E-state index contributed by atoms with van der Waals surface area (Å²) in [5.41, 5.74) is 0. The zero-order valence-corrected chi connectivity index (χ0v) is 13.3. The third kappa shape index (κ3) is 12.7. The second-order valence-corrected chi connectivity index (χ2v) is 6.06. The predicted octanol–water partition coefficient (Wildman–Crippen LogP) is 2.75. The Morgan fingerprint density at radius 2 is 1.56 bits per heavy atom. The summed E-state index contributed by atoms with van der Waals surface area (Å²) >= 11 is 4.37. The molecule has 0 heterocycles. The molecule has 0 spiro atoms. The highest BCUT2D eigenvalue weighted by Gasteiger charge is 2.05. The Bertz CT molecular complexity index is 177. The molecule has 1 N–H and O–H groups in total. The van der Waals surface area contributed by atoms with Crippen molar-refractivity contribution in [3.63, 3.8) is 0 Å². The molecule has 0 aliphatic heterocycles. The molecule has 0 aromatic rings. The molecule has 2 atom stereocenters. The van der Waals surface area contributed by atoms with Gasteiger partial charge < -0.3 is 14.8 Å². The first-order valence-corrected chi connectivity index (χ1v) is 7.62. The Hall–Kier alpha value is 0.230. The van der Waals surface area contributed by atoms with E-state index in [1.165, 1.54) is 6.42 Å². The van der Waals surface area contributed by atoms with Gasteiger partial charge in [-0.3, -0.25) is 0 Å². The van der Waals surface area contributed by atoms with Gasteiger partial charge in [-0.15, -0.1) is 0 Å². The molecule has 0 saturated carbocycles. The van der Waals surface area contributed by atoms with Crippen molar-refractivity contribution in [2.75, 3.05) is 33.0 Å². The predicted molar refractivity (Wildman–Crippen MR) is 81.6 cm³/mol. The summed E-state index contributed by atoms with van der Waals surface area (Å²) in [6.45, 7) is 12.6. The van der Waals surface area contributed by atoms with Crippen LogP contribution in [0.5, 0.6) is 0 Å². The highest BCUT2D eigenvalue weighted by Crippen LogP contribution is 2.02. The largest absolute Gasteiger partial charge is 0.379 e. The van der Waals surface area contributed by atoms with Crippen molar-refractivity contribution in [1.82, 2.24) is 5.32 Å². The van der Waals surface area contributed by atoms with Crippen LogP contribution in [0.15, 0.2) is 0 Å². The van der Waals surface area contributed by atoms with Gasteiger partial charge in [0.25, 0.3) is 0 Å². The number of ether oxygens (including phenoxy) is 2. The molecule has 0 radical (unpaired) electrons. The second kappa shape index (κ2) is 12.3. The first-order valence-electron chi connectivity index (χ1n) is 7.11. The highest BCUT2D eigenvalue weighted by atomic mass is 32.1. The Morgan fingerprint density at radius 1 is 0.944 bits per heavy atom. The third-order valence-corrected chi connectivity index (χ3v) is 3.33. The van der Waals surface area contributed by atoms with Crippen LogP contribution < -0.4 is 5.32 Å². The minimum atomic E-state index is 0.370. The van der Waals surface area contributed by atoms with Crippen molar-refractivity contribution < 1.29 is 9.47 Å². The average Bonchev–Trinajstić information content (AvgIpc) is 2.30. The van der Waals surface area contributed by atoms with Crippen LogP contribution in [0.2, 0.25) is 0 Å².